The molecule has 0 saturated heterocycles. The lowest BCUT2D eigenvalue weighted by Gasteiger charge is -1.98. The van der Waals surface area contributed by atoms with Gasteiger partial charge < -0.3 is 10.4 Å². The SMILES string of the molecule is Cn1cc(CNCCC(=O)O)cn1. The summed E-state index contributed by atoms with van der Waals surface area (Å²) in [4.78, 5) is 10.2. The van der Waals surface area contributed by atoms with Gasteiger partial charge in [0.05, 0.1) is 12.6 Å². The Balaban J connectivity index is 2.16. The first kappa shape index (κ1) is 9.73. The first-order valence-electron chi connectivity index (χ1n) is 4.08. The Labute approximate surface area is 76.4 Å². The summed E-state index contributed by atoms with van der Waals surface area (Å²) in [6.45, 7) is 1.16. The molecule has 0 bridgehead atoms. The molecule has 0 aliphatic carbocycles. The number of aryl methyl sites for hydroxylation is 1. The Bertz CT molecular complexity index is 283. The van der Waals surface area contributed by atoms with E-state index in [1.54, 1.807) is 10.9 Å². The average molecular weight is 183 g/mol. The van der Waals surface area contributed by atoms with Gasteiger partial charge in [0, 0.05) is 31.9 Å². The molecule has 0 atom stereocenters. The average Bonchev–Trinajstić information content (AvgIpc) is 2.45. The Morgan fingerprint density at radius 2 is 2.54 bits per heavy atom. The fourth-order valence-corrected chi connectivity index (χ4v) is 0.991. The number of aromatic nitrogens is 2. The lowest BCUT2D eigenvalue weighted by molar-refractivity contribution is -0.136. The maximum atomic E-state index is 10.2. The summed E-state index contributed by atoms with van der Waals surface area (Å²) in [5.74, 6) is -0.779. The number of carboxylic acids is 1. The molecule has 13 heavy (non-hydrogen) atoms. The highest BCUT2D eigenvalue weighted by Gasteiger charge is 1.97. The van der Waals surface area contributed by atoms with Gasteiger partial charge in [0.25, 0.3) is 0 Å². The zero-order valence-electron chi connectivity index (χ0n) is 7.53. The number of aliphatic carboxylic acids is 1. The molecule has 0 radical (unpaired) electrons. The molecule has 0 aliphatic heterocycles. The summed E-state index contributed by atoms with van der Waals surface area (Å²) in [7, 11) is 1.85. The number of rotatable bonds is 5. The summed E-state index contributed by atoms with van der Waals surface area (Å²) in [6.07, 6.45) is 3.81. The minimum Gasteiger partial charge on any atom is -0.481 e. The van der Waals surface area contributed by atoms with E-state index in [1.807, 2.05) is 13.2 Å². The molecule has 1 rings (SSSR count). The molecule has 2 N–H and O–H groups in total. The molecular formula is C8H13N3O2. The standard InChI is InChI=1S/C8H13N3O2/c1-11-6-7(5-10-11)4-9-3-2-8(12)13/h5-6,9H,2-4H2,1H3,(H,12,13). The topological polar surface area (TPSA) is 67.2 Å². The number of nitrogens with zero attached hydrogens (tertiary/aromatic N) is 2. The van der Waals surface area contributed by atoms with E-state index in [1.165, 1.54) is 0 Å². The zero-order chi connectivity index (χ0) is 9.68. The van der Waals surface area contributed by atoms with E-state index in [-0.39, 0.29) is 6.42 Å². The number of hydrogen-bond donors (Lipinski definition) is 2. The highest BCUT2D eigenvalue weighted by atomic mass is 16.4. The highest BCUT2D eigenvalue weighted by Crippen LogP contribution is 1.94. The van der Waals surface area contributed by atoms with E-state index in [4.69, 9.17) is 5.11 Å². The van der Waals surface area contributed by atoms with Crippen LogP contribution in [0.2, 0.25) is 0 Å². The molecule has 1 heterocycles. The molecule has 0 saturated carbocycles. The molecule has 0 amide bonds. The van der Waals surface area contributed by atoms with Crippen LogP contribution in [0.15, 0.2) is 12.4 Å². The van der Waals surface area contributed by atoms with Crippen LogP contribution in [0.25, 0.3) is 0 Å². The first-order chi connectivity index (χ1) is 6.18. The van der Waals surface area contributed by atoms with Crippen molar-refractivity contribution in [3.63, 3.8) is 0 Å². The molecular weight excluding hydrogens is 170 g/mol. The van der Waals surface area contributed by atoms with E-state index in [2.05, 4.69) is 10.4 Å². The van der Waals surface area contributed by atoms with Crippen LogP contribution in [0, 0.1) is 0 Å². The molecule has 0 aliphatic rings. The molecule has 0 unspecified atom stereocenters. The van der Waals surface area contributed by atoms with E-state index < -0.39 is 5.97 Å². The largest absolute Gasteiger partial charge is 0.481 e. The lowest BCUT2D eigenvalue weighted by atomic mass is 10.3. The summed E-state index contributed by atoms with van der Waals surface area (Å²) < 4.78 is 1.72. The van der Waals surface area contributed by atoms with E-state index in [0.717, 1.165) is 5.56 Å². The van der Waals surface area contributed by atoms with Crippen molar-refractivity contribution in [3.8, 4) is 0 Å². The third-order valence-corrected chi connectivity index (χ3v) is 1.60. The second-order valence-electron chi connectivity index (χ2n) is 2.84. The van der Waals surface area contributed by atoms with Gasteiger partial charge >= 0.3 is 5.97 Å². The second kappa shape index (κ2) is 4.61. The number of hydrogen-bond acceptors (Lipinski definition) is 3. The highest BCUT2D eigenvalue weighted by molar-refractivity contribution is 5.66. The predicted octanol–water partition coefficient (Wildman–Crippen LogP) is -0.0156. The molecule has 5 nitrogen and oxygen atoms in total. The smallest absolute Gasteiger partial charge is 0.304 e. The number of carboxylic acid groups (broad SMARTS) is 1. The Kier molecular flexibility index (Phi) is 3.45. The maximum absolute atomic E-state index is 10.2. The Hall–Kier alpha value is -1.36. The van der Waals surface area contributed by atoms with Crippen LogP contribution < -0.4 is 5.32 Å². The van der Waals surface area contributed by atoms with E-state index in [9.17, 15) is 4.79 Å². The molecule has 0 aromatic carbocycles. The predicted molar refractivity (Wildman–Crippen MR) is 47.2 cm³/mol. The fraction of sp³-hybridized carbons (Fsp3) is 0.500. The quantitative estimate of drug-likeness (QED) is 0.630. The maximum Gasteiger partial charge on any atom is 0.304 e. The summed E-state index contributed by atoms with van der Waals surface area (Å²) in [5.41, 5.74) is 1.06. The van der Waals surface area contributed by atoms with Crippen molar-refractivity contribution < 1.29 is 9.90 Å². The van der Waals surface area contributed by atoms with E-state index in [0.29, 0.717) is 13.1 Å². The molecule has 1 aromatic heterocycles. The van der Waals surface area contributed by atoms with Gasteiger partial charge in [-0.15, -0.1) is 0 Å². The second-order valence-corrected chi connectivity index (χ2v) is 2.84. The first-order valence-corrected chi connectivity index (χ1v) is 4.08. The minimum absolute atomic E-state index is 0.153. The van der Waals surface area contributed by atoms with E-state index >= 15 is 0 Å². The van der Waals surface area contributed by atoms with Gasteiger partial charge in [-0.2, -0.15) is 5.10 Å². The van der Waals surface area contributed by atoms with Crippen LogP contribution in [-0.2, 0) is 18.4 Å². The van der Waals surface area contributed by atoms with Crippen molar-refractivity contribution in [2.75, 3.05) is 6.54 Å². The van der Waals surface area contributed by atoms with Crippen LogP contribution in [-0.4, -0.2) is 27.4 Å². The normalized spacial score (nSPS) is 10.2. The van der Waals surface area contributed by atoms with Crippen molar-refractivity contribution in [3.05, 3.63) is 18.0 Å². The van der Waals surface area contributed by atoms with Crippen LogP contribution >= 0.6 is 0 Å². The van der Waals surface area contributed by atoms with Gasteiger partial charge in [-0.3, -0.25) is 9.48 Å². The molecule has 0 fully saturated rings. The Morgan fingerprint density at radius 1 is 1.77 bits per heavy atom. The monoisotopic (exact) mass is 183 g/mol. The van der Waals surface area contributed by atoms with Crippen molar-refractivity contribution >= 4 is 5.97 Å². The number of carbonyl (C=O) groups is 1. The van der Waals surface area contributed by atoms with Crippen LogP contribution in [0.3, 0.4) is 0 Å². The molecule has 1 aromatic rings. The molecule has 72 valence electrons. The van der Waals surface area contributed by atoms with Crippen molar-refractivity contribution in [2.45, 2.75) is 13.0 Å². The van der Waals surface area contributed by atoms with Gasteiger partial charge in [-0.25, -0.2) is 0 Å². The minimum atomic E-state index is -0.779. The van der Waals surface area contributed by atoms with Crippen LogP contribution in [0.4, 0.5) is 0 Å². The van der Waals surface area contributed by atoms with Crippen LogP contribution in [0.1, 0.15) is 12.0 Å². The van der Waals surface area contributed by atoms with Crippen molar-refractivity contribution in [1.29, 1.82) is 0 Å². The Morgan fingerprint density at radius 3 is 3.08 bits per heavy atom. The van der Waals surface area contributed by atoms with Gasteiger partial charge in [-0.05, 0) is 0 Å². The summed E-state index contributed by atoms with van der Waals surface area (Å²) in [5, 5.41) is 15.4. The fourth-order valence-electron chi connectivity index (χ4n) is 0.991. The van der Waals surface area contributed by atoms with Gasteiger partial charge in [0.15, 0.2) is 0 Å². The zero-order valence-corrected chi connectivity index (χ0v) is 7.53. The third kappa shape index (κ3) is 3.71. The molecule has 5 heteroatoms. The van der Waals surface area contributed by atoms with Gasteiger partial charge in [0.2, 0.25) is 0 Å². The van der Waals surface area contributed by atoms with Crippen molar-refractivity contribution in [1.82, 2.24) is 15.1 Å². The summed E-state index contributed by atoms with van der Waals surface area (Å²) >= 11 is 0. The van der Waals surface area contributed by atoms with Gasteiger partial charge in [-0.1, -0.05) is 0 Å². The summed E-state index contributed by atoms with van der Waals surface area (Å²) in [6, 6.07) is 0. The van der Waals surface area contributed by atoms with Gasteiger partial charge in [0.1, 0.15) is 0 Å². The lowest BCUT2D eigenvalue weighted by Crippen LogP contribution is -2.17. The molecule has 0 spiro atoms. The van der Waals surface area contributed by atoms with Crippen molar-refractivity contribution in [2.24, 2.45) is 7.05 Å². The van der Waals surface area contributed by atoms with Crippen LogP contribution in [0.5, 0.6) is 0 Å². The third-order valence-electron chi connectivity index (χ3n) is 1.60. The number of nitrogens with one attached hydrogen (secondary N) is 1.